The zero-order valence-electron chi connectivity index (χ0n) is 16.1. The molecule has 2 N–H and O–H groups in total. The summed E-state index contributed by atoms with van der Waals surface area (Å²) in [7, 11) is 0. The molecule has 1 aliphatic heterocycles. The number of hydrogen-bond acceptors (Lipinski definition) is 2. The van der Waals surface area contributed by atoms with Crippen molar-refractivity contribution in [1.82, 2.24) is 20.1 Å². The molecule has 27 heavy (non-hydrogen) atoms. The third kappa shape index (κ3) is 4.23. The fourth-order valence-corrected chi connectivity index (χ4v) is 3.76. The van der Waals surface area contributed by atoms with Gasteiger partial charge in [0.25, 0.3) is 0 Å². The highest BCUT2D eigenvalue weighted by Gasteiger charge is 2.28. The van der Waals surface area contributed by atoms with E-state index in [-0.39, 0.29) is 23.8 Å². The van der Waals surface area contributed by atoms with Crippen molar-refractivity contribution < 1.29 is 14.0 Å². The summed E-state index contributed by atoms with van der Waals surface area (Å²) in [5, 5.41) is 3.87. The van der Waals surface area contributed by atoms with Crippen molar-refractivity contribution >= 4 is 22.8 Å². The zero-order valence-corrected chi connectivity index (χ0v) is 16.1. The molecule has 6 nitrogen and oxygen atoms in total. The minimum absolute atomic E-state index is 0.0344. The van der Waals surface area contributed by atoms with Crippen molar-refractivity contribution in [2.45, 2.75) is 46.2 Å². The molecule has 3 amide bonds. The smallest absolute Gasteiger partial charge is 0.318 e. The molecule has 1 aromatic carbocycles. The summed E-state index contributed by atoms with van der Waals surface area (Å²) in [6.45, 7) is 7.52. The number of likely N-dealkylation sites (tertiary alicyclic amines) is 1. The number of benzene rings is 1. The summed E-state index contributed by atoms with van der Waals surface area (Å²) in [6, 6.07) is 5.09. The van der Waals surface area contributed by atoms with E-state index < -0.39 is 0 Å². The summed E-state index contributed by atoms with van der Waals surface area (Å²) < 4.78 is 13.7. The van der Waals surface area contributed by atoms with Gasteiger partial charge in [0, 0.05) is 43.2 Å². The Bertz CT molecular complexity index is 809. The van der Waals surface area contributed by atoms with Gasteiger partial charge in [0.05, 0.1) is 12.6 Å². The van der Waals surface area contributed by atoms with Crippen molar-refractivity contribution in [3.05, 3.63) is 35.3 Å². The van der Waals surface area contributed by atoms with Crippen LogP contribution in [0.3, 0.4) is 0 Å². The Morgan fingerprint density at radius 2 is 2.15 bits per heavy atom. The van der Waals surface area contributed by atoms with Crippen molar-refractivity contribution in [2.24, 2.45) is 0 Å². The molecule has 1 aromatic heterocycles. The number of aromatic amines is 1. The van der Waals surface area contributed by atoms with E-state index in [9.17, 15) is 14.0 Å². The summed E-state index contributed by atoms with van der Waals surface area (Å²) in [6.07, 6.45) is 1.80. The van der Waals surface area contributed by atoms with Gasteiger partial charge in [0.15, 0.2) is 0 Å². The van der Waals surface area contributed by atoms with Crippen LogP contribution in [0.4, 0.5) is 9.18 Å². The molecule has 1 saturated heterocycles. The Labute approximate surface area is 158 Å². The minimum atomic E-state index is -0.246. The van der Waals surface area contributed by atoms with E-state index in [2.05, 4.69) is 10.3 Å². The molecule has 0 radical (unpaired) electrons. The topological polar surface area (TPSA) is 68.4 Å². The van der Waals surface area contributed by atoms with Crippen LogP contribution in [-0.4, -0.2) is 52.4 Å². The molecule has 0 unspecified atom stereocenters. The van der Waals surface area contributed by atoms with Crippen LogP contribution in [0.1, 0.15) is 37.9 Å². The summed E-state index contributed by atoms with van der Waals surface area (Å²) >= 11 is 0. The Morgan fingerprint density at radius 3 is 2.85 bits per heavy atom. The average Bonchev–Trinajstić information content (AvgIpc) is 3.03. The number of nitrogens with zero attached hydrogens (tertiary/aromatic N) is 2. The fraction of sp³-hybridized carbons (Fsp3) is 0.500. The minimum Gasteiger partial charge on any atom is -0.357 e. The normalized spacial score (nSPS) is 17.2. The number of aryl methyl sites for hydroxylation is 1. The summed E-state index contributed by atoms with van der Waals surface area (Å²) in [4.78, 5) is 31.1. The lowest BCUT2D eigenvalue weighted by molar-refractivity contribution is -0.130. The first-order valence-electron chi connectivity index (χ1n) is 9.46. The quantitative estimate of drug-likeness (QED) is 0.863. The van der Waals surface area contributed by atoms with Crippen LogP contribution in [0.5, 0.6) is 0 Å². The summed E-state index contributed by atoms with van der Waals surface area (Å²) in [5.41, 5.74) is 2.15. The highest BCUT2D eigenvalue weighted by Crippen LogP contribution is 2.20. The van der Waals surface area contributed by atoms with Gasteiger partial charge >= 0.3 is 6.03 Å². The van der Waals surface area contributed by atoms with Gasteiger partial charge in [0.2, 0.25) is 5.91 Å². The van der Waals surface area contributed by atoms with Crippen molar-refractivity contribution in [2.75, 3.05) is 19.6 Å². The highest BCUT2D eigenvalue weighted by atomic mass is 19.1. The van der Waals surface area contributed by atoms with Crippen molar-refractivity contribution in [1.29, 1.82) is 0 Å². The van der Waals surface area contributed by atoms with E-state index in [0.717, 1.165) is 36.0 Å². The number of aromatic nitrogens is 1. The van der Waals surface area contributed by atoms with Gasteiger partial charge in [-0.25, -0.2) is 9.18 Å². The first kappa shape index (κ1) is 19.2. The number of fused-ring (bicyclic) bond motifs is 1. The molecule has 0 spiro atoms. The lowest BCUT2D eigenvalue weighted by atomic mass is 10.0. The maximum absolute atomic E-state index is 13.7. The van der Waals surface area contributed by atoms with E-state index in [0.29, 0.717) is 25.2 Å². The van der Waals surface area contributed by atoms with Crippen molar-refractivity contribution in [3.63, 3.8) is 0 Å². The molecule has 0 bridgehead atoms. The van der Waals surface area contributed by atoms with E-state index in [1.54, 1.807) is 29.7 Å². The number of likely N-dealkylation sites (N-methyl/N-ethyl adjacent to an activating group) is 1. The number of H-pyrrole nitrogens is 1. The molecule has 2 heterocycles. The Kier molecular flexibility index (Phi) is 5.68. The second kappa shape index (κ2) is 7.98. The molecule has 7 heteroatoms. The van der Waals surface area contributed by atoms with Crippen LogP contribution in [-0.2, 0) is 11.3 Å². The van der Waals surface area contributed by atoms with Gasteiger partial charge in [-0.05, 0) is 50.5 Å². The van der Waals surface area contributed by atoms with Gasteiger partial charge < -0.3 is 20.1 Å². The molecular formula is C20H27FN4O2. The lowest BCUT2D eigenvalue weighted by Gasteiger charge is -2.38. The number of carbonyl (C=O) groups excluding carboxylic acids is 2. The van der Waals surface area contributed by atoms with Gasteiger partial charge in [-0.15, -0.1) is 0 Å². The summed E-state index contributed by atoms with van der Waals surface area (Å²) in [5.74, 6) is -0.193. The number of halogens is 1. The van der Waals surface area contributed by atoms with Gasteiger partial charge in [-0.3, -0.25) is 4.79 Å². The third-order valence-electron chi connectivity index (χ3n) is 5.27. The van der Waals surface area contributed by atoms with Gasteiger partial charge in [0.1, 0.15) is 5.82 Å². The number of hydrogen-bond donors (Lipinski definition) is 2. The largest absolute Gasteiger partial charge is 0.357 e. The van der Waals surface area contributed by atoms with Crippen LogP contribution in [0.25, 0.3) is 10.9 Å². The number of amides is 3. The number of nitrogens with one attached hydrogen (secondary N) is 2. The highest BCUT2D eigenvalue weighted by molar-refractivity contribution is 5.81. The van der Waals surface area contributed by atoms with E-state index in [4.69, 9.17) is 0 Å². The van der Waals surface area contributed by atoms with E-state index in [1.807, 2.05) is 13.0 Å². The van der Waals surface area contributed by atoms with Crippen molar-refractivity contribution in [3.8, 4) is 0 Å². The van der Waals surface area contributed by atoms with Crippen LogP contribution in [0.2, 0.25) is 0 Å². The molecule has 1 aliphatic rings. The third-order valence-corrected chi connectivity index (χ3v) is 5.27. The lowest BCUT2D eigenvalue weighted by Crippen LogP contribution is -2.53. The SMILES string of the molecule is CCN(C(=O)NCc1cc2cc(C)c(F)cc2[nH]1)[C@@H]1CCCN(C(C)=O)C1. The molecule has 2 aromatic rings. The zero-order chi connectivity index (χ0) is 19.6. The van der Waals surface area contributed by atoms with E-state index in [1.165, 1.54) is 6.07 Å². The predicted molar refractivity (Wildman–Crippen MR) is 103 cm³/mol. The number of carbonyl (C=O) groups is 2. The Hall–Kier alpha value is -2.57. The van der Waals surface area contributed by atoms with Crippen LogP contribution >= 0.6 is 0 Å². The number of piperidine rings is 1. The first-order valence-corrected chi connectivity index (χ1v) is 9.46. The van der Waals surface area contributed by atoms with Crippen LogP contribution < -0.4 is 5.32 Å². The second-order valence-corrected chi connectivity index (χ2v) is 7.19. The van der Waals surface area contributed by atoms with Gasteiger partial charge in [-0.1, -0.05) is 0 Å². The van der Waals surface area contributed by atoms with Gasteiger partial charge in [-0.2, -0.15) is 0 Å². The van der Waals surface area contributed by atoms with Crippen LogP contribution in [0, 0.1) is 12.7 Å². The molecule has 146 valence electrons. The second-order valence-electron chi connectivity index (χ2n) is 7.19. The van der Waals surface area contributed by atoms with Crippen LogP contribution in [0.15, 0.2) is 18.2 Å². The fourth-order valence-electron chi connectivity index (χ4n) is 3.76. The molecule has 1 atom stereocenters. The number of urea groups is 1. The maximum atomic E-state index is 13.7. The molecule has 0 saturated carbocycles. The Morgan fingerprint density at radius 1 is 1.37 bits per heavy atom. The first-order chi connectivity index (χ1) is 12.9. The maximum Gasteiger partial charge on any atom is 0.318 e. The molecule has 0 aliphatic carbocycles. The number of rotatable bonds is 4. The Balaban J connectivity index is 1.64. The predicted octanol–water partition coefficient (Wildman–Crippen LogP) is 3.16. The van der Waals surface area contributed by atoms with E-state index >= 15 is 0 Å². The average molecular weight is 374 g/mol. The monoisotopic (exact) mass is 374 g/mol. The molecule has 1 fully saturated rings. The molecule has 3 rings (SSSR count). The molecular weight excluding hydrogens is 347 g/mol. The standard InChI is InChI=1S/C20H27FN4O2/c1-4-25(17-6-5-7-24(12-17)14(3)26)20(27)22-11-16-9-15-8-13(2)18(21)10-19(15)23-16/h8-10,17,23H,4-7,11-12H2,1-3H3,(H,22,27)/t17-/m1/s1.